The lowest BCUT2D eigenvalue weighted by Crippen LogP contribution is -2.13. The number of amidine groups is 1. The summed E-state index contributed by atoms with van der Waals surface area (Å²) in [6.45, 7) is 20.4. The zero-order valence-corrected chi connectivity index (χ0v) is 22.4. The van der Waals surface area contributed by atoms with Crippen LogP contribution in [0.3, 0.4) is 0 Å². The van der Waals surface area contributed by atoms with E-state index in [1.54, 1.807) is 11.8 Å². The maximum absolute atomic E-state index is 6.27. The number of aliphatic imine (C=N–C) groups is 1. The van der Waals surface area contributed by atoms with Crippen LogP contribution in [-0.2, 0) is 0 Å². The van der Waals surface area contributed by atoms with Crippen molar-refractivity contribution in [3.8, 4) is 0 Å². The van der Waals surface area contributed by atoms with Gasteiger partial charge in [-0.15, -0.1) is 6.58 Å². The molecule has 0 radical (unpaired) electrons. The molecule has 0 aromatic heterocycles. The molecule has 0 unspecified atom stereocenters. The first-order valence-corrected chi connectivity index (χ1v) is 12.9. The van der Waals surface area contributed by atoms with Gasteiger partial charge in [0.1, 0.15) is 5.84 Å². The van der Waals surface area contributed by atoms with Gasteiger partial charge in [0.2, 0.25) is 0 Å². The second-order valence-corrected chi connectivity index (χ2v) is 11.0. The summed E-state index contributed by atoms with van der Waals surface area (Å²) in [5.74, 6) is 1.58. The maximum Gasteiger partial charge on any atom is 0.131 e. The molecule has 2 aromatic rings. The first kappa shape index (κ1) is 27.0. The average molecular weight is 463 g/mol. The van der Waals surface area contributed by atoms with Crippen LogP contribution in [0.1, 0.15) is 80.2 Å². The molecule has 3 heteroatoms. The molecule has 0 amide bonds. The molecule has 0 heterocycles. The van der Waals surface area contributed by atoms with Crippen molar-refractivity contribution >= 4 is 23.3 Å². The number of benzene rings is 2. The van der Waals surface area contributed by atoms with Crippen molar-refractivity contribution in [3.63, 3.8) is 0 Å². The van der Waals surface area contributed by atoms with E-state index in [2.05, 4.69) is 77.0 Å². The Bertz CT molecular complexity index is 987. The number of hydrogen-bond acceptors (Lipinski definition) is 2. The van der Waals surface area contributed by atoms with Gasteiger partial charge in [-0.05, 0) is 88.0 Å². The monoisotopic (exact) mass is 462 g/mol. The maximum atomic E-state index is 6.27. The van der Waals surface area contributed by atoms with E-state index in [-0.39, 0.29) is 0 Å². The van der Waals surface area contributed by atoms with Crippen molar-refractivity contribution in [1.29, 1.82) is 0 Å². The van der Waals surface area contributed by atoms with Crippen molar-refractivity contribution < 1.29 is 0 Å². The fourth-order valence-corrected chi connectivity index (χ4v) is 5.13. The molecule has 0 atom stereocenters. The lowest BCUT2D eigenvalue weighted by atomic mass is 10.00. The fourth-order valence-electron chi connectivity index (χ4n) is 4.34. The molecule has 1 aliphatic carbocycles. The normalized spacial score (nSPS) is 14.1. The summed E-state index contributed by atoms with van der Waals surface area (Å²) in [6, 6.07) is 10.5. The SMILES string of the molecule is C=C(C)CCC1CCCC1.C=C(C)Sc1cc(C(N)=Nc2c(C)cc(C)cc2C)ccc1C. The molecule has 2 aromatic carbocycles. The third kappa shape index (κ3) is 8.89. The predicted octanol–water partition coefficient (Wildman–Crippen LogP) is 9.12. The highest BCUT2D eigenvalue weighted by atomic mass is 32.2. The molecule has 3 rings (SSSR count). The largest absolute Gasteiger partial charge is 0.383 e. The quantitative estimate of drug-likeness (QED) is 0.193. The highest BCUT2D eigenvalue weighted by Gasteiger charge is 2.13. The Labute approximate surface area is 206 Å². The molecular formula is C30H42N2S. The zero-order chi connectivity index (χ0) is 24.5. The minimum atomic E-state index is 0.545. The summed E-state index contributed by atoms with van der Waals surface area (Å²) >= 11 is 1.67. The molecular weight excluding hydrogens is 420 g/mol. The fraction of sp³-hybridized carbons (Fsp3) is 0.433. The van der Waals surface area contributed by atoms with E-state index in [0.29, 0.717) is 5.84 Å². The van der Waals surface area contributed by atoms with E-state index in [1.807, 2.05) is 13.0 Å². The highest BCUT2D eigenvalue weighted by Crippen LogP contribution is 2.30. The summed E-state index contributed by atoms with van der Waals surface area (Å²) in [5.41, 5.74) is 14.3. The van der Waals surface area contributed by atoms with E-state index < -0.39 is 0 Å². The Hall–Kier alpha value is -2.26. The minimum absolute atomic E-state index is 0.545. The molecule has 1 fully saturated rings. The molecule has 0 saturated heterocycles. The standard InChI is InChI=1S/C20H24N2S.C10H18/c1-12(2)23-18-11-17(8-7-14(18)4)20(21)22-19-15(5)9-13(3)10-16(19)6;1-9(2)7-8-10-5-3-4-6-10/h7-11H,1H2,2-6H3,(H2,21,22);10H,1,3-8H2,2H3. The van der Waals surface area contributed by atoms with Crippen LogP contribution in [0.2, 0.25) is 0 Å². The number of rotatable bonds is 7. The molecule has 0 bridgehead atoms. The lowest BCUT2D eigenvalue weighted by molar-refractivity contribution is 0.503. The molecule has 0 spiro atoms. The van der Waals surface area contributed by atoms with E-state index in [0.717, 1.165) is 33.2 Å². The van der Waals surface area contributed by atoms with Crippen LogP contribution < -0.4 is 5.73 Å². The van der Waals surface area contributed by atoms with Gasteiger partial charge in [0, 0.05) is 10.5 Å². The number of nitrogens with two attached hydrogens (primary N) is 1. The predicted molar refractivity (Wildman–Crippen MR) is 149 cm³/mol. The molecule has 1 saturated carbocycles. The van der Waals surface area contributed by atoms with Crippen LogP contribution in [0.25, 0.3) is 0 Å². The van der Waals surface area contributed by atoms with Gasteiger partial charge >= 0.3 is 0 Å². The molecule has 1 aliphatic rings. The highest BCUT2D eigenvalue weighted by molar-refractivity contribution is 8.03. The molecule has 178 valence electrons. The Kier molecular flexibility index (Phi) is 10.5. The Morgan fingerprint density at radius 3 is 2.12 bits per heavy atom. The van der Waals surface area contributed by atoms with Gasteiger partial charge in [0.05, 0.1) is 5.69 Å². The summed E-state index contributed by atoms with van der Waals surface area (Å²) in [7, 11) is 0. The van der Waals surface area contributed by atoms with Crippen molar-refractivity contribution in [2.45, 2.75) is 85.0 Å². The van der Waals surface area contributed by atoms with Crippen LogP contribution in [0.4, 0.5) is 5.69 Å². The summed E-state index contributed by atoms with van der Waals surface area (Å²) in [4.78, 5) is 6.91. The van der Waals surface area contributed by atoms with E-state index >= 15 is 0 Å². The van der Waals surface area contributed by atoms with Crippen LogP contribution >= 0.6 is 11.8 Å². The van der Waals surface area contributed by atoms with Crippen molar-refractivity contribution in [2.24, 2.45) is 16.6 Å². The van der Waals surface area contributed by atoms with E-state index in [9.17, 15) is 0 Å². The van der Waals surface area contributed by atoms with Crippen LogP contribution in [0, 0.1) is 33.6 Å². The van der Waals surface area contributed by atoms with Gasteiger partial charge in [0.15, 0.2) is 0 Å². The van der Waals surface area contributed by atoms with Gasteiger partial charge in [-0.3, -0.25) is 0 Å². The number of nitrogens with zero attached hydrogens (tertiary/aromatic N) is 1. The molecule has 33 heavy (non-hydrogen) atoms. The Balaban J connectivity index is 0.000000321. The summed E-state index contributed by atoms with van der Waals surface area (Å²) in [6.07, 6.45) is 8.56. The second kappa shape index (κ2) is 12.8. The van der Waals surface area contributed by atoms with E-state index in [4.69, 9.17) is 5.73 Å². The van der Waals surface area contributed by atoms with Crippen LogP contribution in [0.15, 0.2) is 63.9 Å². The topological polar surface area (TPSA) is 38.4 Å². The zero-order valence-electron chi connectivity index (χ0n) is 21.6. The molecule has 0 aliphatic heterocycles. The number of thioether (sulfide) groups is 1. The Morgan fingerprint density at radius 1 is 0.970 bits per heavy atom. The first-order chi connectivity index (χ1) is 15.6. The van der Waals surface area contributed by atoms with Crippen molar-refractivity contribution in [3.05, 3.63) is 81.8 Å². The van der Waals surface area contributed by atoms with Crippen LogP contribution in [0.5, 0.6) is 0 Å². The molecule has 2 N–H and O–H groups in total. The van der Waals surface area contributed by atoms with Gasteiger partial charge in [0.25, 0.3) is 0 Å². The third-order valence-corrected chi connectivity index (χ3v) is 7.10. The third-order valence-electron chi connectivity index (χ3n) is 6.09. The number of allylic oxidation sites excluding steroid dienone is 2. The number of aryl methyl sites for hydroxylation is 4. The van der Waals surface area contributed by atoms with Crippen molar-refractivity contribution in [2.75, 3.05) is 0 Å². The van der Waals surface area contributed by atoms with Gasteiger partial charge in [-0.2, -0.15) is 0 Å². The second-order valence-electron chi connectivity index (χ2n) is 9.67. The van der Waals surface area contributed by atoms with Crippen LogP contribution in [-0.4, -0.2) is 5.84 Å². The first-order valence-electron chi connectivity index (χ1n) is 12.1. The van der Waals surface area contributed by atoms with Crippen molar-refractivity contribution in [1.82, 2.24) is 0 Å². The van der Waals surface area contributed by atoms with Gasteiger partial charge < -0.3 is 5.73 Å². The smallest absolute Gasteiger partial charge is 0.131 e. The minimum Gasteiger partial charge on any atom is -0.383 e. The Morgan fingerprint density at radius 2 is 1.58 bits per heavy atom. The van der Waals surface area contributed by atoms with Gasteiger partial charge in [-0.1, -0.05) is 79.4 Å². The average Bonchev–Trinajstić information content (AvgIpc) is 3.24. The lowest BCUT2D eigenvalue weighted by Gasteiger charge is -2.10. The molecule has 2 nitrogen and oxygen atoms in total. The van der Waals surface area contributed by atoms with Gasteiger partial charge in [-0.25, -0.2) is 4.99 Å². The number of hydrogen-bond donors (Lipinski definition) is 1. The van der Waals surface area contributed by atoms with E-state index in [1.165, 1.54) is 60.1 Å². The summed E-state index contributed by atoms with van der Waals surface area (Å²) in [5, 5.41) is 0. The summed E-state index contributed by atoms with van der Waals surface area (Å²) < 4.78 is 0.